The molecule has 7 heteroatoms. The predicted octanol–water partition coefficient (Wildman–Crippen LogP) is 3.17. The van der Waals surface area contributed by atoms with E-state index in [9.17, 15) is 19.2 Å². The fourth-order valence-electron chi connectivity index (χ4n) is 3.86. The molecular weight excluding hydrogens is 454 g/mol. The first-order valence-electron chi connectivity index (χ1n) is 11.4. The van der Waals surface area contributed by atoms with Crippen LogP contribution in [0.5, 0.6) is 0 Å². The van der Waals surface area contributed by atoms with Crippen molar-refractivity contribution >= 4 is 34.3 Å². The summed E-state index contributed by atoms with van der Waals surface area (Å²) in [4.78, 5) is 49.1. The SMILES string of the molecule is NC(=O)C(=O)[C@H](Cc1ccccc1)NC(=O)c1ccc(CNC(=O)c2ccc3ccccc3c2)cc1. The van der Waals surface area contributed by atoms with Crippen LogP contribution in [0.15, 0.2) is 97.1 Å². The van der Waals surface area contributed by atoms with E-state index in [1.165, 1.54) is 0 Å². The van der Waals surface area contributed by atoms with Gasteiger partial charge in [-0.05, 0) is 46.2 Å². The zero-order valence-electron chi connectivity index (χ0n) is 19.4. The van der Waals surface area contributed by atoms with E-state index in [0.717, 1.165) is 21.9 Å². The lowest BCUT2D eigenvalue weighted by atomic mass is 10.0. The molecular formula is C29H25N3O4. The van der Waals surface area contributed by atoms with E-state index in [0.29, 0.717) is 11.1 Å². The lowest BCUT2D eigenvalue weighted by Crippen LogP contribution is -2.47. The largest absolute Gasteiger partial charge is 0.363 e. The zero-order chi connectivity index (χ0) is 25.5. The summed E-state index contributed by atoms with van der Waals surface area (Å²) in [6.45, 7) is 0.282. The van der Waals surface area contributed by atoms with Gasteiger partial charge in [-0.3, -0.25) is 19.2 Å². The quantitative estimate of drug-likeness (QED) is 0.320. The lowest BCUT2D eigenvalue weighted by molar-refractivity contribution is -0.137. The molecule has 0 aliphatic rings. The van der Waals surface area contributed by atoms with Crippen LogP contribution in [0.1, 0.15) is 31.8 Å². The molecule has 0 saturated heterocycles. The third-order valence-corrected chi connectivity index (χ3v) is 5.83. The normalized spacial score (nSPS) is 11.4. The van der Waals surface area contributed by atoms with Crippen LogP contribution in [0.25, 0.3) is 10.8 Å². The maximum absolute atomic E-state index is 12.8. The maximum Gasteiger partial charge on any atom is 0.287 e. The number of amides is 3. The molecule has 3 amide bonds. The summed E-state index contributed by atoms with van der Waals surface area (Å²) in [7, 11) is 0. The summed E-state index contributed by atoms with van der Waals surface area (Å²) in [6, 6.07) is 28.0. The smallest absolute Gasteiger partial charge is 0.287 e. The van der Waals surface area contributed by atoms with Gasteiger partial charge >= 0.3 is 0 Å². The number of rotatable bonds is 9. The third kappa shape index (κ3) is 6.01. The van der Waals surface area contributed by atoms with E-state index < -0.39 is 23.6 Å². The first kappa shape index (κ1) is 24.3. The molecule has 7 nitrogen and oxygen atoms in total. The van der Waals surface area contributed by atoms with E-state index >= 15 is 0 Å². The number of benzene rings is 4. The molecule has 0 saturated carbocycles. The highest BCUT2D eigenvalue weighted by atomic mass is 16.2. The van der Waals surface area contributed by atoms with E-state index in [2.05, 4.69) is 10.6 Å². The number of Topliss-reactive ketones (excluding diaryl/α,β-unsaturated/α-hetero) is 1. The Kier molecular flexibility index (Phi) is 7.51. The summed E-state index contributed by atoms with van der Waals surface area (Å²) in [5.74, 6) is -2.66. The molecule has 4 N–H and O–H groups in total. The number of hydrogen-bond acceptors (Lipinski definition) is 4. The van der Waals surface area contributed by atoms with Gasteiger partial charge in [0.25, 0.3) is 17.7 Å². The summed E-state index contributed by atoms with van der Waals surface area (Å²) in [5, 5.41) is 7.54. The Morgan fingerprint density at radius 3 is 2.00 bits per heavy atom. The van der Waals surface area contributed by atoms with E-state index in [4.69, 9.17) is 5.73 Å². The monoisotopic (exact) mass is 479 g/mol. The minimum absolute atomic E-state index is 0.146. The number of carbonyl (C=O) groups excluding carboxylic acids is 4. The van der Waals surface area contributed by atoms with Gasteiger partial charge in [-0.1, -0.05) is 72.8 Å². The minimum Gasteiger partial charge on any atom is -0.363 e. The molecule has 0 bridgehead atoms. The van der Waals surface area contributed by atoms with Crippen molar-refractivity contribution in [1.29, 1.82) is 0 Å². The Morgan fingerprint density at radius 2 is 1.31 bits per heavy atom. The lowest BCUT2D eigenvalue weighted by Gasteiger charge is -2.16. The summed E-state index contributed by atoms with van der Waals surface area (Å²) >= 11 is 0. The molecule has 0 unspecified atom stereocenters. The highest BCUT2D eigenvalue weighted by Gasteiger charge is 2.25. The Bertz CT molecular complexity index is 1420. The summed E-state index contributed by atoms with van der Waals surface area (Å²) in [6.07, 6.45) is 0.146. The van der Waals surface area contributed by atoms with Crippen molar-refractivity contribution < 1.29 is 19.2 Å². The maximum atomic E-state index is 12.8. The topological polar surface area (TPSA) is 118 Å². The average molecular weight is 480 g/mol. The van der Waals surface area contributed by atoms with Crippen LogP contribution < -0.4 is 16.4 Å². The predicted molar refractivity (Wildman–Crippen MR) is 137 cm³/mol. The van der Waals surface area contributed by atoms with Crippen molar-refractivity contribution in [3.63, 3.8) is 0 Å². The third-order valence-electron chi connectivity index (χ3n) is 5.83. The van der Waals surface area contributed by atoms with Crippen LogP contribution >= 0.6 is 0 Å². The second-order valence-corrected chi connectivity index (χ2v) is 8.39. The van der Waals surface area contributed by atoms with Crippen LogP contribution in [-0.4, -0.2) is 29.5 Å². The molecule has 0 aliphatic carbocycles. The first-order chi connectivity index (χ1) is 17.4. The van der Waals surface area contributed by atoms with E-state index in [1.807, 2.05) is 42.5 Å². The van der Waals surface area contributed by atoms with Crippen LogP contribution in [0.3, 0.4) is 0 Å². The second kappa shape index (κ2) is 11.1. The Morgan fingerprint density at radius 1 is 0.667 bits per heavy atom. The van der Waals surface area contributed by atoms with Gasteiger partial charge in [-0.15, -0.1) is 0 Å². The number of ketones is 1. The highest BCUT2D eigenvalue weighted by molar-refractivity contribution is 6.38. The fraction of sp³-hybridized carbons (Fsp3) is 0.103. The summed E-state index contributed by atoms with van der Waals surface area (Å²) in [5.41, 5.74) is 7.64. The standard InChI is InChI=1S/C29H25N3O4/c30-27(34)26(33)25(16-19-6-2-1-3-7-19)32-29(36)22-12-10-20(11-13-22)18-31-28(35)24-15-14-21-8-4-5-9-23(21)17-24/h1-15,17,25H,16,18H2,(H2,30,34)(H,31,35)(H,32,36)/t25-/m0/s1. The van der Waals surface area contributed by atoms with Gasteiger partial charge in [0.1, 0.15) is 6.04 Å². The number of primary amides is 1. The van der Waals surface area contributed by atoms with Gasteiger partial charge in [0.15, 0.2) is 0 Å². The van der Waals surface area contributed by atoms with Gasteiger partial charge in [0.2, 0.25) is 5.78 Å². The number of fused-ring (bicyclic) bond motifs is 1. The Labute approximate surface area is 208 Å². The molecule has 4 rings (SSSR count). The number of nitrogens with one attached hydrogen (secondary N) is 2. The van der Waals surface area contributed by atoms with Crippen molar-refractivity contribution in [2.24, 2.45) is 5.73 Å². The molecule has 36 heavy (non-hydrogen) atoms. The van der Waals surface area contributed by atoms with Crippen molar-refractivity contribution in [2.75, 3.05) is 0 Å². The van der Waals surface area contributed by atoms with Gasteiger partial charge in [-0.25, -0.2) is 0 Å². The van der Waals surface area contributed by atoms with Gasteiger partial charge in [0, 0.05) is 24.1 Å². The molecule has 0 radical (unpaired) electrons. The molecule has 0 spiro atoms. The van der Waals surface area contributed by atoms with Gasteiger partial charge < -0.3 is 16.4 Å². The molecule has 0 fully saturated rings. The number of hydrogen-bond donors (Lipinski definition) is 3. The van der Waals surface area contributed by atoms with Crippen LogP contribution in [-0.2, 0) is 22.6 Å². The average Bonchev–Trinajstić information content (AvgIpc) is 2.91. The highest BCUT2D eigenvalue weighted by Crippen LogP contribution is 2.16. The van der Waals surface area contributed by atoms with Gasteiger partial charge in [0.05, 0.1) is 0 Å². The van der Waals surface area contributed by atoms with Crippen molar-refractivity contribution in [2.45, 2.75) is 19.0 Å². The molecule has 0 aliphatic heterocycles. The molecule has 180 valence electrons. The molecule has 4 aromatic carbocycles. The molecule has 0 heterocycles. The minimum atomic E-state index is -1.10. The summed E-state index contributed by atoms with van der Waals surface area (Å²) < 4.78 is 0. The van der Waals surface area contributed by atoms with Gasteiger partial charge in [-0.2, -0.15) is 0 Å². The first-order valence-corrected chi connectivity index (χ1v) is 11.4. The second-order valence-electron chi connectivity index (χ2n) is 8.39. The Balaban J connectivity index is 1.37. The van der Waals surface area contributed by atoms with Crippen molar-refractivity contribution in [1.82, 2.24) is 10.6 Å². The van der Waals surface area contributed by atoms with Crippen LogP contribution in [0.4, 0.5) is 0 Å². The number of nitrogens with two attached hydrogens (primary N) is 1. The molecule has 1 atom stereocenters. The number of carbonyl (C=O) groups is 4. The fourth-order valence-corrected chi connectivity index (χ4v) is 3.86. The van der Waals surface area contributed by atoms with Crippen LogP contribution in [0.2, 0.25) is 0 Å². The van der Waals surface area contributed by atoms with E-state index in [1.54, 1.807) is 54.6 Å². The van der Waals surface area contributed by atoms with Crippen molar-refractivity contribution in [3.8, 4) is 0 Å². The van der Waals surface area contributed by atoms with Crippen LogP contribution in [0, 0.1) is 0 Å². The van der Waals surface area contributed by atoms with E-state index in [-0.39, 0.29) is 18.9 Å². The van der Waals surface area contributed by atoms with Crippen molar-refractivity contribution in [3.05, 3.63) is 119 Å². The molecule has 0 aromatic heterocycles. The zero-order valence-corrected chi connectivity index (χ0v) is 19.4. The Hall–Kier alpha value is -4.78. The molecule has 4 aromatic rings.